The standard InChI is InChI=1S/C22H30N2O2/c1-18-7-8-21(26-18)20-6-4-5-19(15-20)16-23-13-9-22(25,10-14-23)17-24-11-2-3-12-24/h4-8,15,25H,2-3,9-14,16-17H2,1H3. The summed E-state index contributed by atoms with van der Waals surface area (Å²) in [5.41, 5.74) is 1.95. The van der Waals surface area contributed by atoms with E-state index >= 15 is 0 Å². The van der Waals surface area contributed by atoms with E-state index in [1.165, 1.54) is 18.4 Å². The van der Waals surface area contributed by atoms with Gasteiger partial charge in [-0.3, -0.25) is 4.90 Å². The summed E-state index contributed by atoms with van der Waals surface area (Å²) in [6, 6.07) is 12.7. The molecule has 1 N–H and O–H groups in total. The number of likely N-dealkylation sites (tertiary alicyclic amines) is 2. The summed E-state index contributed by atoms with van der Waals surface area (Å²) in [4.78, 5) is 4.90. The van der Waals surface area contributed by atoms with Gasteiger partial charge in [0.25, 0.3) is 0 Å². The van der Waals surface area contributed by atoms with Gasteiger partial charge in [-0.1, -0.05) is 18.2 Å². The van der Waals surface area contributed by atoms with E-state index in [1.807, 2.05) is 19.1 Å². The molecule has 2 aliphatic heterocycles. The van der Waals surface area contributed by atoms with Crippen LogP contribution in [0.2, 0.25) is 0 Å². The molecular weight excluding hydrogens is 324 g/mol. The molecule has 0 saturated carbocycles. The van der Waals surface area contributed by atoms with Gasteiger partial charge in [0.05, 0.1) is 5.60 Å². The van der Waals surface area contributed by atoms with Crippen LogP contribution in [0.1, 0.15) is 37.0 Å². The van der Waals surface area contributed by atoms with Gasteiger partial charge in [0, 0.05) is 31.7 Å². The molecule has 4 nitrogen and oxygen atoms in total. The number of hydrogen-bond acceptors (Lipinski definition) is 4. The predicted octanol–water partition coefficient (Wildman–Crippen LogP) is 3.68. The van der Waals surface area contributed by atoms with Gasteiger partial charge in [-0.2, -0.15) is 0 Å². The fourth-order valence-electron chi connectivity index (χ4n) is 4.31. The first-order valence-electron chi connectivity index (χ1n) is 9.93. The van der Waals surface area contributed by atoms with E-state index in [0.717, 1.165) is 69.2 Å². The van der Waals surface area contributed by atoms with Gasteiger partial charge in [0.15, 0.2) is 0 Å². The van der Waals surface area contributed by atoms with Crippen molar-refractivity contribution in [1.29, 1.82) is 0 Å². The van der Waals surface area contributed by atoms with E-state index in [4.69, 9.17) is 4.42 Å². The first kappa shape index (κ1) is 17.8. The molecule has 0 atom stereocenters. The highest BCUT2D eigenvalue weighted by Crippen LogP contribution is 2.27. The second kappa shape index (κ2) is 7.55. The Morgan fingerprint density at radius 3 is 2.46 bits per heavy atom. The SMILES string of the molecule is Cc1ccc(-c2cccc(CN3CCC(O)(CN4CCCC4)CC3)c2)o1. The summed E-state index contributed by atoms with van der Waals surface area (Å²) < 4.78 is 5.75. The number of hydrogen-bond donors (Lipinski definition) is 1. The maximum atomic E-state index is 10.9. The molecule has 0 radical (unpaired) electrons. The number of β-amino-alcohol motifs (C(OH)–C–C–N with tert-alkyl or cyclic N) is 1. The fraction of sp³-hybridized carbons (Fsp3) is 0.545. The molecule has 0 aliphatic carbocycles. The molecular formula is C22H30N2O2. The minimum Gasteiger partial charge on any atom is -0.461 e. The Bertz CT molecular complexity index is 725. The Morgan fingerprint density at radius 1 is 1.00 bits per heavy atom. The number of nitrogens with zero attached hydrogens (tertiary/aromatic N) is 2. The van der Waals surface area contributed by atoms with Crippen LogP contribution >= 0.6 is 0 Å². The molecule has 2 saturated heterocycles. The van der Waals surface area contributed by atoms with Crippen molar-refractivity contribution in [2.45, 2.75) is 44.8 Å². The van der Waals surface area contributed by atoms with Gasteiger partial charge in [0.2, 0.25) is 0 Å². The van der Waals surface area contributed by atoms with Gasteiger partial charge in [-0.05, 0) is 69.5 Å². The van der Waals surface area contributed by atoms with Crippen LogP contribution in [0.4, 0.5) is 0 Å². The van der Waals surface area contributed by atoms with Gasteiger partial charge in [0.1, 0.15) is 11.5 Å². The normalized spacial score (nSPS) is 21.3. The van der Waals surface area contributed by atoms with Gasteiger partial charge in [-0.15, -0.1) is 0 Å². The molecule has 4 heteroatoms. The molecule has 0 amide bonds. The molecule has 0 bridgehead atoms. The van der Waals surface area contributed by atoms with Crippen molar-refractivity contribution >= 4 is 0 Å². The van der Waals surface area contributed by atoms with Crippen LogP contribution in [0.3, 0.4) is 0 Å². The van der Waals surface area contributed by atoms with E-state index < -0.39 is 5.60 Å². The topological polar surface area (TPSA) is 39.9 Å². The fourth-order valence-corrected chi connectivity index (χ4v) is 4.31. The number of benzene rings is 1. The van der Waals surface area contributed by atoms with Crippen molar-refractivity contribution in [1.82, 2.24) is 9.80 Å². The molecule has 2 aromatic rings. The number of aliphatic hydroxyl groups is 1. The number of furan rings is 1. The quantitative estimate of drug-likeness (QED) is 0.889. The minimum absolute atomic E-state index is 0.492. The van der Waals surface area contributed by atoms with Crippen LogP contribution in [0.5, 0.6) is 0 Å². The number of aryl methyl sites for hydroxylation is 1. The lowest BCUT2D eigenvalue weighted by atomic mass is 9.90. The summed E-state index contributed by atoms with van der Waals surface area (Å²) in [5.74, 6) is 1.88. The van der Waals surface area contributed by atoms with Crippen LogP contribution in [0, 0.1) is 6.92 Å². The molecule has 0 unspecified atom stereocenters. The Morgan fingerprint density at radius 2 is 1.77 bits per heavy atom. The third-order valence-corrected chi connectivity index (χ3v) is 5.86. The predicted molar refractivity (Wildman–Crippen MR) is 104 cm³/mol. The molecule has 2 aliphatic rings. The molecule has 140 valence electrons. The van der Waals surface area contributed by atoms with Crippen molar-refractivity contribution in [3.05, 3.63) is 47.7 Å². The lowest BCUT2D eigenvalue weighted by Crippen LogP contribution is -2.50. The summed E-state index contributed by atoms with van der Waals surface area (Å²) in [6.07, 6.45) is 4.32. The average molecular weight is 354 g/mol. The summed E-state index contributed by atoms with van der Waals surface area (Å²) >= 11 is 0. The third-order valence-electron chi connectivity index (χ3n) is 5.86. The van der Waals surface area contributed by atoms with Gasteiger partial charge in [-0.25, -0.2) is 0 Å². The molecule has 26 heavy (non-hydrogen) atoms. The molecule has 2 fully saturated rings. The van der Waals surface area contributed by atoms with Gasteiger partial charge < -0.3 is 14.4 Å². The van der Waals surface area contributed by atoms with E-state index in [0.29, 0.717) is 0 Å². The summed E-state index contributed by atoms with van der Waals surface area (Å²) in [5, 5.41) is 10.9. The summed E-state index contributed by atoms with van der Waals surface area (Å²) in [6.45, 7) is 8.02. The monoisotopic (exact) mass is 354 g/mol. The second-order valence-corrected chi connectivity index (χ2v) is 8.09. The highest BCUT2D eigenvalue weighted by molar-refractivity contribution is 5.58. The summed E-state index contributed by atoms with van der Waals surface area (Å²) in [7, 11) is 0. The molecule has 1 aromatic carbocycles. The Hall–Kier alpha value is -1.62. The largest absolute Gasteiger partial charge is 0.461 e. The smallest absolute Gasteiger partial charge is 0.134 e. The van der Waals surface area contributed by atoms with E-state index in [1.54, 1.807) is 0 Å². The Balaban J connectivity index is 1.34. The number of piperidine rings is 1. The number of rotatable bonds is 5. The van der Waals surface area contributed by atoms with E-state index in [-0.39, 0.29) is 0 Å². The molecule has 1 aromatic heterocycles. The average Bonchev–Trinajstić information content (AvgIpc) is 3.29. The maximum absolute atomic E-state index is 10.9. The zero-order valence-corrected chi connectivity index (χ0v) is 15.8. The zero-order chi connectivity index (χ0) is 18.0. The van der Waals surface area contributed by atoms with Crippen molar-refractivity contribution in [3.63, 3.8) is 0 Å². The van der Waals surface area contributed by atoms with Crippen molar-refractivity contribution in [3.8, 4) is 11.3 Å². The van der Waals surface area contributed by atoms with Crippen molar-refractivity contribution < 1.29 is 9.52 Å². The van der Waals surface area contributed by atoms with Crippen LogP contribution in [-0.4, -0.2) is 53.2 Å². The Kier molecular flexibility index (Phi) is 5.16. The third kappa shape index (κ3) is 4.20. The lowest BCUT2D eigenvalue weighted by molar-refractivity contribution is -0.0430. The van der Waals surface area contributed by atoms with Crippen LogP contribution < -0.4 is 0 Å². The van der Waals surface area contributed by atoms with Crippen LogP contribution in [-0.2, 0) is 6.54 Å². The first-order chi connectivity index (χ1) is 12.6. The molecule has 4 rings (SSSR count). The van der Waals surface area contributed by atoms with Crippen molar-refractivity contribution in [2.24, 2.45) is 0 Å². The highest BCUT2D eigenvalue weighted by Gasteiger charge is 2.34. The van der Waals surface area contributed by atoms with E-state index in [9.17, 15) is 5.11 Å². The zero-order valence-electron chi connectivity index (χ0n) is 15.8. The molecule has 0 spiro atoms. The van der Waals surface area contributed by atoms with Crippen molar-refractivity contribution in [2.75, 3.05) is 32.7 Å². The van der Waals surface area contributed by atoms with Crippen LogP contribution in [0.15, 0.2) is 40.8 Å². The Labute approximate surface area is 156 Å². The maximum Gasteiger partial charge on any atom is 0.134 e. The minimum atomic E-state index is -0.492. The second-order valence-electron chi connectivity index (χ2n) is 8.09. The highest BCUT2D eigenvalue weighted by atomic mass is 16.3. The molecule has 3 heterocycles. The lowest BCUT2D eigenvalue weighted by Gasteiger charge is -2.40. The van der Waals surface area contributed by atoms with E-state index in [2.05, 4.69) is 34.1 Å². The van der Waals surface area contributed by atoms with Crippen LogP contribution in [0.25, 0.3) is 11.3 Å². The first-order valence-corrected chi connectivity index (χ1v) is 9.93. The van der Waals surface area contributed by atoms with Gasteiger partial charge >= 0.3 is 0 Å².